The van der Waals surface area contributed by atoms with E-state index in [2.05, 4.69) is 10.2 Å². The van der Waals surface area contributed by atoms with E-state index in [-0.39, 0.29) is 5.69 Å². The van der Waals surface area contributed by atoms with Crippen molar-refractivity contribution in [2.75, 3.05) is 36.4 Å². The number of urea groups is 1. The maximum absolute atomic E-state index is 12.8. The quantitative estimate of drug-likeness (QED) is 0.772. The molecule has 1 fully saturated rings. The number of piperazine rings is 1. The lowest BCUT2D eigenvalue weighted by Gasteiger charge is -2.36. The molecular formula is C19H19ClF3N3O. The van der Waals surface area contributed by atoms with E-state index in [0.717, 1.165) is 23.4 Å². The summed E-state index contributed by atoms with van der Waals surface area (Å²) in [4.78, 5) is 16.1. The summed E-state index contributed by atoms with van der Waals surface area (Å²) in [5.74, 6) is 0. The second-order valence-corrected chi connectivity index (χ2v) is 6.77. The topological polar surface area (TPSA) is 35.6 Å². The number of benzene rings is 2. The van der Waals surface area contributed by atoms with Crippen LogP contribution in [0, 0.1) is 6.92 Å². The highest BCUT2D eigenvalue weighted by atomic mass is 35.5. The minimum atomic E-state index is -4.44. The molecule has 0 aliphatic carbocycles. The number of nitrogens with one attached hydrogen (secondary N) is 1. The summed E-state index contributed by atoms with van der Waals surface area (Å²) in [6.45, 7) is 4.13. The van der Waals surface area contributed by atoms with Gasteiger partial charge in [0.05, 0.1) is 5.56 Å². The third-order valence-corrected chi connectivity index (χ3v) is 5.00. The van der Waals surface area contributed by atoms with Crippen LogP contribution in [0.1, 0.15) is 11.1 Å². The van der Waals surface area contributed by atoms with Gasteiger partial charge >= 0.3 is 12.2 Å². The molecule has 0 atom stereocenters. The van der Waals surface area contributed by atoms with Crippen LogP contribution in [0.3, 0.4) is 0 Å². The van der Waals surface area contributed by atoms with Gasteiger partial charge < -0.3 is 15.1 Å². The summed E-state index contributed by atoms with van der Waals surface area (Å²) in [7, 11) is 0. The van der Waals surface area contributed by atoms with Crippen LogP contribution in [-0.2, 0) is 6.18 Å². The molecule has 144 valence electrons. The number of carbonyl (C=O) groups is 1. The zero-order valence-electron chi connectivity index (χ0n) is 14.7. The van der Waals surface area contributed by atoms with E-state index in [9.17, 15) is 18.0 Å². The molecule has 0 spiro atoms. The van der Waals surface area contributed by atoms with Crippen molar-refractivity contribution in [1.29, 1.82) is 0 Å². The molecule has 2 aromatic carbocycles. The summed E-state index contributed by atoms with van der Waals surface area (Å²) < 4.78 is 38.4. The van der Waals surface area contributed by atoms with Crippen molar-refractivity contribution in [3.63, 3.8) is 0 Å². The van der Waals surface area contributed by atoms with Crippen LogP contribution in [0.5, 0.6) is 0 Å². The molecule has 0 bridgehead atoms. The second kappa shape index (κ2) is 7.68. The highest BCUT2D eigenvalue weighted by molar-refractivity contribution is 6.31. The first-order valence-corrected chi connectivity index (χ1v) is 8.87. The van der Waals surface area contributed by atoms with Gasteiger partial charge in [-0.15, -0.1) is 0 Å². The molecule has 3 rings (SSSR count). The Hall–Kier alpha value is -2.41. The van der Waals surface area contributed by atoms with Gasteiger partial charge in [0.2, 0.25) is 0 Å². The van der Waals surface area contributed by atoms with Gasteiger partial charge in [0.25, 0.3) is 0 Å². The number of nitrogens with zero attached hydrogens (tertiary/aromatic N) is 2. The van der Waals surface area contributed by atoms with Crippen LogP contribution in [0.4, 0.5) is 29.3 Å². The molecule has 0 unspecified atom stereocenters. The molecule has 1 heterocycles. The van der Waals surface area contributed by atoms with E-state index < -0.39 is 17.8 Å². The Labute approximate surface area is 160 Å². The highest BCUT2D eigenvalue weighted by Gasteiger charge is 2.30. The average Bonchev–Trinajstić information content (AvgIpc) is 2.64. The number of carbonyl (C=O) groups excluding carboxylic acids is 1. The van der Waals surface area contributed by atoms with Crippen molar-refractivity contribution in [3.05, 3.63) is 58.6 Å². The zero-order chi connectivity index (χ0) is 19.6. The van der Waals surface area contributed by atoms with Crippen molar-refractivity contribution < 1.29 is 18.0 Å². The van der Waals surface area contributed by atoms with Crippen LogP contribution in [-0.4, -0.2) is 37.1 Å². The van der Waals surface area contributed by atoms with Crippen LogP contribution in [0.25, 0.3) is 0 Å². The third-order valence-electron chi connectivity index (χ3n) is 4.59. The molecule has 1 N–H and O–H groups in total. The molecule has 8 heteroatoms. The first-order valence-electron chi connectivity index (χ1n) is 8.49. The van der Waals surface area contributed by atoms with Gasteiger partial charge in [-0.1, -0.05) is 23.7 Å². The van der Waals surface area contributed by atoms with Gasteiger partial charge in [-0.25, -0.2) is 4.79 Å². The number of rotatable bonds is 2. The smallest absolute Gasteiger partial charge is 0.368 e. The molecule has 1 saturated heterocycles. The minimum absolute atomic E-state index is 0.128. The standard InChI is InChI=1S/C19H19ClF3N3O/c1-13-16(20)6-3-7-17(13)25-8-10-26(11-9-25)18(27)24-15-5-2-4-14(12-15)19(21,22)23/h2-7,12H,8-11H2,1H3,(H,24,27). The molecule has 1 aliphatic heterocycles. The van der Waals surface area contributed by atoms with Gasteiger partial charge in [-0.05, 0) is 42.8 Å². The van der Waals surface area contributed by atoms with Crippen molar-refractivity contribution >= 4 is 29.0 Å². The molecule has 2 aromatic rings. The van der Waals surface area contributed by atoms with E-state index in [4.69, 9.17) is 11.6 Å². The molecule has 0 saturated carbocycles. The average molecular weight is 398 g/mol. The number of anilines is 2. The Morgan fingerprint density at radius 3 is 2.41 bits per heavy atom. The lowest BCUT2D eigenvalue weighted by Crippen LogP contribution is -2.50. The minimum Gasteiger partial charge on any atom is -0.368 e. The Morgan fingerprint density at radius 1 is 1.07 bits per heavy atom. The number of alkyl halides is 3. The Balaban J connectivity index is 1.61. The number of amides is 2. The highest BCUT2D eigenvalue weighted by Crippen LogP contribution is 2.31. The lowest BCUT2D eigenvalue weighted by atomic mass is 10.1. The SMILES string of the molecule is Cc1c(Cl)cccc1N1CCN(C(=O)Nc2cccc(C(F)(F)F)c2)CC1. The molecule has 0 radical (unpaired) electrons. The predicted molar refractivity (Wildman–Crippen MR) is 100 cm³/mol. The van der Waals surface area contributed by atoms with Crippen LogP contribution in [0.2, 0.25) is 5.02 Å². The van der Waals surface area contributed by atoms with E-state index in [1.54, 1.807) is 4.90 Å². The summed E-state index contributed by atoms with van der Waals surface area (Å²) in [6.07, 6.45) is -4.44. The normalized spacial score (nSPS) is 15.0. The number of hydrogen-bond donors (Lipinski definition) is 1. The van der Waals surface area contributed by atoms with Gasteiger partial charge in [0.15, 0.2) is 0 Å². The van der Waals surface area contributed by atoms with Gasteiger partial charge in [0, 0.05) is 42.6 Å². The first kappa shape index (κ1) is 19.4. The lowest BCUT2D eigenvalue weighted by molar-refractivity contribution is -0.137. The van der Waals surface area contributed by atoms with Crippen molar-refractivity contribution in [3.8, 4) is 0 Å². The zero-order valence-corrected chi connectivity index (χ0v) is 15.4. The largest absolute Gasteiger partial charge is 0.416 e. The Morgan fingerprint density at radius 2 is 1.74 bits per heavy atom. The number of halogens is 4. The van der Waals surface area contributed by atoms with Crippen molar-refractivity contribution in [1.82, 2.24) is 4.90 Å². The molecule has 0 aromatic heterocycles. The molecule has 4 nitrogen and oxygen atoms in total. The van der Waals surface area contributed by atoms with Gasteiger partial charge in [0.1, 0.15) is 0 Å². The Bertz CT molecular complexity index is 833. The van der Waals surface area contributed by atoms with E-state index in [0.29, 0.717) is 31.2 Å². The maximum Gasteiger partial charge on any atom is 0.416 e. The molecule has 1 aliphatic rings. The van der Waals surface area contributed by atoms with E-state index in [1.807, 2.05) is 25.1 Å². The number of hydrogen-bond acceptors (Lipinski definition) is 2. The maximum atomic E-state index is 12.8. The summed E-state index contributed by atoms with van der Waals surface area (Å²) in [5, 5.41) is 3.24. The van der Waals surface area contributed by atoms with Crippen LogP contribution >= 0.6 is 11.6 Å². The summed E-state index contributed by atoms with van der Waals surface area (Å²) >= 11 is 6.17. The first-order chi connectivity index (χ1) is 12.8. The third kappa shape index (κ3) is 4.47. The molecular weight excluding hydrogens is 379 g/mol. The fraction of sp³-hybridized carbons (Fsp3) is 0.316. The summed E-state index contributed by atoms with van der Waals surface area (Å²) in [5.41, 5.74) is 1.35. The fourth-order valence-corrected chi connectivity index (χ4v) is 3.23. The van der Waals surface area contributed by atoms with Gasteiger partial charge in [-0.2, -0.15) is 13.2 Å². The molecule has 27 heavy (non-hydrogen) atoms. The van der Waals surface area contributed by atoms with Crippen molar-refractivity contribution in [2.24, 2.45) is 0 Å². The van der Waals surface area contributed by atoms with E-state index in [1.165, 1.54) is 12.1 Å². The predicted octanol–water partition coefficient (Wildman–Crippen LogP) is 5.02. The van der Waals surface area contributed by atoms with Crippen LogP contribution in [0.15, 0.2) is 42.5 Å². The van der Waals surface area contributed by atoms with E-state index >= 15 is 0 Å². The van der Waals surface area contributed by atoms with Crippen molar-refractivity contribution in [2.45, 2.75) is 13.1 Å². The van der Waals surface area contributed by atoms with Crippen LogP contribution < -0.4 is 10.2 Å². The van der Waals surface area contributed by atoms with Gasteiger partial charge in [-0.3, -0.25) is 0 Å². The summed E-state index contributed by atoms with van der Waals surface area (Å²) in [6, 6.07) is 9.93. The Kier molecular flexibility index (Phi) is 5.51. The fourth-order valence-electron chi connectivity index (χ4n) is 3.06. The molecule has 2 amide bonds. The monoisotopic (exact) mass is 397 g/mol. The second-order valence-electron chi connectivity index (χ2n) is 6.37.